The molecule has 110 valence electrons. The van der Waals surface area contributed by atoms with Crippen LogP contribution in [0.3, 0.4) is 0 Å². The van der Waals surface area contributed by atoms with Crippen molar-refractivity contribution in [1.29, 1.82) is 0 Å². The molecule has 0 saturated carbocycles. The molecular formula is C15H28N2O2. The summed E-state index contributed by atoms with van der Waals surface area (Å²) in [6, 6.07) is 0. The van der Waals surface area contributed by atoms with Crippen LogP contribution in [0.25, 0.3) is 0 Å². The average Bonchev–Trinajstić information content (AvgIpc) is 2.92. The first-order valence-corrected chi connectivity index (χ1v) is 7.84. The molecule has 0 aromatic carbocycles. The normalized spacial score (nSPS) is 25.6. The zero-order valence-corrected chi connectivity index (χ0v) is 12.2. The minimum absolute atomic E-state index is 0.193. The van der Waals surface area contributed by atoms with Gasteiger partial charge < -0.3 is 15.0 Å². The molecule has 0 radical (unpaired) electrons. The van der Waals surface area contributed by atoms with Crippen LogP contribution in [0.1, 0.15) is 39.0 Å². The maximum absolute atomic E-state index is 11.8. The molecule has 4 heteroatoms. The molecule has 2 rings (SSSR count). The molecule has 2 aliphatic heterocycles. The highest BCUT2D eigenvalue weighted by atomic mass is 16.5. The fourth-order valence-corrected chi connectivity index (χ4v) is 3.05. The lowest BCUT2D eigenvalue weighted by Gasteiger charge is -2.31. The van der Waals surface area contributed by atoms with Gasteiger partial charge in [0.15, 0.2) is 0 Å². The van der Waals surface area contributed by atoms with E-state index in [1.54, 1.807) is 0 Å². The molecule has 2 heterocycles. The number of nitrogens with one attached hydrogen (secondary N) is 1. The average molecular weight is 268 g/mol. The molecule has 0 aromatic heterocycles. The molecule has 19 heavy (non-hydrogen) atoms. The summed E-state index contributed by atoms with van der Waals surface area (Å²) in [5, 5.41) is 3.05. The molecule has 4 nitrogen and oxygen atoms in total. The van der Waals surface area contributed by atoms with Gasteiger partial charge in [0.25, 0.3) is 0 Å². The summed E-state index contributed by atoms with van der Waals surface area (Å²) in [6.45, 7) is 8.07. The van der Waals surface area contributed by atoms with E-state index in [0.29, 0.717) is 12.3 Å². The molecule has 0 aromatic rings. The minimum atomic E-state index is 0.193. The van der Waals surface area contributed by atoms with Crippen LogP contribution in [0.5, 0.6) is 0 Å². The van der Waals surface area contributed by atoms with Gasteiger partial charge >= 0.3 is 0 Å². The van der Waals surface area contributed by atoms with Gasteiger partial charge in [0.2, 0.25) is 5.91 Å². The maximum atomic E-state index is 11.8. The van der Waals surface area contributed by atoms with Crippen LogP contribution in [0.2, 0.25) is 0 Å². The Hall–Kier alpha value is -0.610. The lowest BCUT2D eigenvalue weighted by Crippen LogP contribution is -2.39. The van der Waals surface area contributed by atoms with Crippen molar-refractivity contribution in [2.45, 2.75) is 39.0 Å². The van der Waals surface area contributed by atoms with Gasteiger partial charge in [-0.3, -0.25) is 4.79 Å². The number of hydrogen-bond donors (Lipinski definition) is 1. The molecule has 0 aliphatic carbocycles. The number of amides is 1. The van der Waals surface area contributed by atoms with Gasteiger partial charge in [-0.15, -0.1) is 0 Å². The molecule has 2 aliphatic rings. The smallest absolute Gasteiger partial charge is 0.220 e. The number of nitrogens with zero attached hydrogens (tertiary/aromatic N) is 1. The standard InChI is InChI=1S/C15H28N2O2/c1-2-13-3-7-17(8-4-13)9-6-16-15(18)11-14-5-10-19-12-14/h13-14H,2-12H2,1H3,(H,16,18)/t14-/m1/s1. The Kier molecular flexibility index (Phi) is 6.11. The van der Waals surface area contributed by atoms with Crippen molar-refractivity contribution in [1.82, 2.24) is 10.2 Å². The Morgan fingerprint density at radius 1 is 1.26 bits per heavy atom. The summed E-state index contributed by atoms with van der Waals surface area (Å²) in [6.07, 6.45) is 5.64. The highest BCUT2D eigenvalue weighted by molar-refractivity contribution is 5.76. The van der Waals surface area contributed by atoms with Gasteiger partial charge in [0.05, 0.1) is 0 Å². The molecule has 2 fully saturated rings. The van der Waals surface area contributed by atoms with E-state index in [9.17, 15) is 4.79 Å². The van der Waals surface area contributed by atoms with Gasteiger partial charge in [-0.25, -0.2) is 0 Å². The topological polar surface area (TPSA) is 41.6 Å². The first kappa shape index (κ1) is 14.8. The number of likely N-dealkylation sites (tertiary alicyclic amines) is 1. The molecule has 1 atom stereocenters. The molecule has 2 saturated heterocycles. The number of rotatable bonds is 6. The number of ether oxygens (including phenoxy) is 1. The van der Waals surface area contributed by atoms with E-state index in [1.165, 1.54) is 32.4 Å². The third-order valence-corrected chi connectivity index (χ3v) is 4.53. The van der Waals surface area contributed by atoms with Crippen LogP contribution >= 0.6 is 0 Å². The van der Waals surface area contributed by atoms with Crippen LogP contribution in [0.4, 0.5) is 0 Å². The van der Waals surface area contributed by atoms with Crippen LogP contribution in [0, 0.1) is 11.8 Å². The predicted molar refractivity (Wildman–Crippen MR) is 76.0 cm³/mol. The van der Waals surface area contributed by atoms with Gasteiger partial charge in [-0.2, -0.15) is 0 Å². The molecule has 0 unspecified atom stereocenters. The highest BCUT2D eigenvalue weighted by Crippen LogP contribution is 2.19. The molecule has 0 spiro atoms. The summed E-state index contributed by atoms with van der Waals surface area (Å²) in [4.78, 5) is 14.2. The van der Waals surface area contributed by atoms with Gasteiger partial charge in [-0.1, -0.05) is 13.3 Å². The fourth-order valence-electron chi connectivity index (χ4n) is 3.05. The fraction of sp³-hybridized carbons (Fsp3) is 0.933. The maximum Gasteiger partial charge on any atom is 0.220 e. The quantitative estimate of drug-likeness (QED) is 0.796. The van der Waals surface area contributed by atoms with E-state index in [4.69, 9.17) is 4.74 Å². The third-order valence-electron chi connectivity index (χ3n) is 4.53. The van der Waals surface area contributed by atoms with E-state index in [2.05, 4.69) is 17.1 Å². The monoisotopic (exact) mass is 268 g/mol. The Balaban J connectivity index is 1.52. The first-order valence-electron chi connectivity index (χ1n) is 7.84. The van der Waals surface area contributed by atoms with E-state index in [0.717, 1.165) is 38.6 Å². The van der Waals surface area contributed by atoms with E-state index < -0.39 is 0 Å². The number of piperidine rings is 1. The van der Waals surface area contributed by atoms with Crippen LogP contribution in [-0.2, 0) is 9.53 Å². The summed E-state index contributed by atoms with van der Waals surface area (Å²) in [5.74, 6) is 1.56. The SMILES string of the molecule is CCC1CCN(CCNC(=O)C[C@H]2CCOC2)CC1. The van der Waals surface area contributed by atoms with Gasteiger partial charge in [0.1, 0.15) is 0 Å². The van der Waals surface area contributed by atoms with Gasteiger partial charge in [0, 0.05) is 32.7 Å². The van der Waals surface area contributed by atoms with Crippen LogP contribution in [-0.4, -0.2) is 50.2 Å². The number of carbonyl (C=O) groups excluding carboxylic acids is 1. The lowest BCUT2D eigenvalue weighted by atomic mass is 9.94. The highest BCUT2D eigenvalue weighted by Gasteiger charge is 2.20. The summed E-state index contributed by atoms with van der Waals surface area (Å²) in [7, 11) is 0. The van der Waals surface area contributed by atoms with Crippen molar-refractivity contribution in [3.63, 3.8) is 0 Å². The van der Waals surface area contributed by atoms with E-state index >= 15 is 0 Å². The second-order valence-corrected chi connectivity index (χ2v) is 5.98. The van der Waals surface area contributed by atoms with Crippen molar-refractivity contribution < 1.29 is 9.53 Å². The van der Waals surface area contributed by atoms with Gasteiger partial charge in [-0.05, 0) is 44.2 Å². The molecule has 1 amide bonds. The Labute approximate surface area is 116 Å². The Morgan fingerprint density at radius 2 is 2.05 bits per heavy atom. The van der Waals surface area contributed by atoms with Crippen molar-refractivity contribution >= 4 is 5.91 Å². The number of carbonyl (C=O) groups is 1. The van der Waals surface area contributed by atoms with Crippen molar-refractivity contribution in [3.8, 4) is 0 Å². The third kappa shape index (κ3) is 5.11. The minimum Gasteiger partial charge on any atom is -0.381 e. The zero-order chi connectivity index (χ0) is 13.5. The van der Waals surface area contributed by atoms with Crippen molar-refractivity contribution in [2.24, 2.45) is 11.8 Å². The molecule has 1 N–H and O–H groups in total. The van der Waals surface area contributed by atoms with E-state index in [-0.39, 0.29) is 5.91 Å². The second-order valence-electron chi connectivity index (χ2n) is 5.98. The summed E-state index contributed by atoms with van der Waals surface area (Å²) in [5.41, 5.74) is 0. The summed E-state index contributed by atoms with van der Waals surface area (Å²) >= 11 is 0. The first-order chi connectivity index (χ1) is 9.28. The zero-order valence-electron chi connectivity index (χ0n) is 12.2. The largest absolute Gasteiger partial charge is 0.381 e. The second kappa shape index (κ2) is 7.85. The van der Waals surface area contributed by atoms with Crippen LogP contribution in [0.15, 0.2) is 0 Å². The summed E-state index contributed by atoms with van der Waals surface area (Å²) < 4.78 is 5.29. The molecular weight excluding hydrogens is 240 g/mol. The van der Waals surface area contributed by atoms with Crippen molar-refractivity contribution in [2.75, 3.05) is 39.4 Å². The molecule has 0 bridgehead atoms. The lowest BCUT2D eigenvalue weighted by molar-refractivity contribution is -0.122. The Morgan fingerprint density at radius 3 is 2.68 bits per heavy atom. The predicted octanol–water partition coefficient (Wildman–Crippen LogP) is 1.65. The number of hydrogen-bond acceptors (Lipinski definition) is 3. The van der Waals surface area contributed by atoms with Crippen molar-refractivity contribution in [3.05, 3.63) is 0 Å². The van der Waals surface area contributed by atoms with Crippen LogP contribution < -0.4 is 5.32 Å². The van der Waals surface area contributed by atoms with E-state index in [1.807, 2.05) is 0 Å². The Bertz CT molecular complexity index is 269.